The number of hydrogen-bond acceptors (Lipinski definition) is 5. The van der Waals surface area contributed by atoms with Crippen LogP contribution >= 0.6 is 0 Å². The molecule has 0 aromatic carbocycles. The van der Waals surface area contributed by atoms with E-state index in [1.54, 1.807) is 14.0 Å². The molecule has 3 N–H and O–H groups in total. The maximum Gasteiger partial charge on any atom is 0.215 e. The summed E-state index contributed by atoms with van der Waals surface area (Å²) < 4.78 is 36.5. The predicted molar refractivity (Wildman–Crippen MR) is 60.6 cm³/mol. The zero-order valence-corrected chi connectivity index (χ0v) is 10.5. The van der Waals surface area contributed by atoms with E-state index in [2.05, 4.69) is 4.72 Å². The van der Waals surface area contributed by atoms with Crippen molar-refractivity contribution in [2.24, 2.45) is 5.73 Å². The van der Waals surface area contributed by atoms with Gasteiger partial charge in [0.15, 0.2) is 0 Å². The topological polar surface area (TPSA) is 90.7 Å². The normalized spacial score (nSPS) is 28.2. The van der Waals surface area contributed by atoms with Crippen LogP contribution in [0.1, 0.15) is 13.3 Å². The van der Waals surface area contributed by atoms with Gasteiger partial charge in [0.1, 0.15) is 5.60 Å². The zero-order chi connectivity index (χ0) is 12.2. The van der Waals surface area contributed by atoms with E-state index in [1.807, 2.05) is 0 Å². The van der Waals surface area contributed by atoms with Crippen LogP contribution in [0.3, 0.4) is 0 Å². The third kappa shape index (κ3) is 3.14. The van der Waals surface area contributed by atoms with Crippen molar-refractivity contribution < 1.29 is 17.9 Å². The fourth-order valence-corrected chi connectivity index (χ4v) is 2.46. The van der Waals surface area contributed by atoms with Gasteiger partial charge in [-0.2, -0.15) is 0 Å². The molecule has 0 aliphatic carbocycles. The third-order valence-electron chi connectivity index (χ3n) is 2.96. The Bertz CT molecular complexity index is 311. The molecule has 0 spiro atoms. The van der Waals surface area contributed by atoms with Crippen molar-refractivity contribution in [2.75, 3.05) is 33.4 Å². The molecule has 0 radical (unpaired) electrons. The minimum atomic E-state index is -3.36. The number of hydrogen-bond donors (Lipinski definition) is 2. The maximum atomic E-state index is 11.7. The van der Waals surface area contributed by atoms with Crippen molar-refractivity contribution in [3.05, 3.63) is 0 Å². The van der Waals surface area contributed by atoms with Crippen LogP contribution in [0.2, 0.25) is 0 Å². The van der Waals surface area contributed by atoms with Crippen LogP contribution in [0.5, 0.6) is 0 Å². The lowest BCUT2D eigenvalue weighted by Gasteiger charge is -2.26. The summed E-state index contributed by atoms with van der Waals surface area (Å²) in [4.78, 5) is 0. The Labute approximate surface area is 96.5 Å². The fraction of sp³-hybridized carbons (Fsp3) is 1.00. The van der Waals surface area contributed by atoms with Crippen LogP contribution in [-0.2, 0) is 19.5 Å². The Morgan fingerprint density at radius 1 is 1.62 bits per heavy atom. The van der Waals surface area contributed by atoms with Gasteiger partial charge in [0.2, 0.25) is 10.0 Å². The number of rotatable bonds is 6. The quantitative estimate of drug-likeness (QED) is 0.636. The highest BCUT2D eigenvalue weighted by molar-refractivity contribution is 7.90. The van der Waals surface area contributed by atoms with Gasteiger partial charge in [-0.05, 0) is 6.92 Å². The number of ether oxygens (including phenoxy) is 2. The standard InChI is InChI=1S/C9H20N2O4S/c1-8(5-10)16(12,13)11-6-9(14-2)3-4-15-7-9/h8,11H,3-7,10H2,1-2H3. The molecule has 1 fully saturated rings. The summed E-state index contributed by atoms with van der Waals surface area (Å²) in [5.41, 5.74) is 4.81. The van der Waals surface area contributed by atoms with E-state index in [4.69, 9.17) is 15.2 Å². The molecule has 0 saturated carbocycles. The Balaban J connectivity index is 2.56. The molecule has 0 aromatic rings. The summed E-state index contributed by atoms with van der Waals surface area (Å²) in [6.07, 6.45) is 0.697. The second-order valence-corrected chi connectivity index (χ2v) is 6.29. The van der Waals surface area contributed by atoms with Gasteiger partial charge in [0, 0.05) is 33.2 Å². The first-order chi connectivity index (χ1) is 7.46. The smallest absolute Gasteiger partial charge is 0.215 e. The van der Waals surface area contributed by atoms with Crippen molar-refractivity contribution in [1.82, 2.24) is 4.72 Å². The van der Waals surface area contributed by atoms with Gasteiger partial charge in [-0.1, -0.05) is 0 Å². The maximum absolute atomic E-state index is 11.7. The highest BCUT2D eigenvalue weighted by atomic mass is 32.2. The van der Waals surface area contributed by atoms with Crippen molar-refractivity contribution in [2.45, 2.75) is 24.2 Å². The van der Waals surface area contributed by atoms with Gasteiger partial charge in [0.25, 0.3) is 0 Å². The molecule has 0 aromatic heterocycles. The Morgan fingerprint density at radius 2 is 2.31 bits per heavy atom. The molecule has 1 heterocycles. The summed E-state index contributed by atoms with van der Waals surface area (Å²) >= 11 is 0. The lowest BCUT2D eigenvalue weighted by atomic mass is 10.0. The molecule has 0 bridgehead atoms. The first-order valence-corrected chi connectivity index (χ1v) is 6.82. The predicted octanol–water partition coefficient (Wildman–Crippen LogP) is -0.941. The minimum absolute atomic E-state index is 0.103. The highest BCUT2D eigenvalue weighted by Gasteiger charge is 2.36. The Morgan fingerprint density at radius 3 is 2.75 bits per heavy atom. The molecule has 7 heteroatoms. The van der Waals surface area contributed by atoms with E-state index in [-0.39, 0.29) is 13.1 Å². The van der Waals surface area contributed by atoms with Crippen LogP contribution in [0.4, 0.5) is 0 Å². The second kappa shape index (κ2) is 5.42. The summed E-state index contributed by atoms with van der Waals surface area (Å²) in [6, 6.07) is 0. The Kier molecular flexibility index (Phi) is 4.69. The van der Waals surface area contributed by atoms with Crippen LogP contribution in [0.15, 0.2) is 0 Å². The third-order valence-corrected chi connectivity index (χ3v) is 4.76. The Hall–Kier alpha value is -0.210. The van der Waals surface area contributed by atoms with Gasteiger partial charge in [-0.3, -0.25) is 0 Å². The van der Waals surface area contributed by atoms with Crippen molar-refractivity contribution >= 4 is 10.0 Å². The summed E-state index contributed by atoms with van der Waals surface area (Å²) in [7, 11) is -1.79. The van der Waals surface area contributed by atoms with E-state index in [1.165, 1.54) is 0 Å². The van der Waals surface area contributed by atoms with Gasteiger partial charge in [-0.25, -0.2) is 13.1 Å². The van der Waals surface area contributed by atoms with Gasteiger partial charge >= 0.3 is 0 Å². The summed E-state index contributed by atoms with van der Waals surface area (Å²) in [6.45, 7) is 2.93. The molecule has 1 saturated heterocycles. The molecule has 1 rings (SSSR count). The summed E-state index contributed by atoms with van der Waals surface area (Å²) in [5, 5.41) is -0.594. The number of sulfonamides is 1. The van der Waals surface area contributed by atoms with Gasteiger partial charge < -0.3 is 15.2 Å². The van der Waals surface area contributed by atoms with Crippen molar-refractivity contribution in [1.29, 1.82) is 0 Å². The number of nitrogens with one attached hydrogen (secondary N) is 1. The van der Waals surface area contributed by atoms with Crippen molar-refractivity contribution in [3.63, 3.8) is 0 Å². The highest BCUT2D eigenvalue weighted by Crippen LogP contribution is 2.21. The van der Waals surface area contributed by atoms with E-state index in [9.17, 15) is 8.42 Å². The lowest BCUT2D eigenvalue weighted by Crippen LogP contribution is -2.48. The molecule has 2 atom stereocenters. The van der Waals surface area contributed by atoms with Crippen LogP contribution < -0.4 is 10.5 Å². The first-order valence-electron chi connectivity index (χ1n) is 5.27. The number of methoxy groups -OCH3 is 1. The molecule has 1 aliphatic heterocycles. The van der Waals surface area contributed by atoms with E-state index >= 15 is 0 Å². The van der Waals surface area contributed by atoms with Crippen LogP contribution in [0.25, 0.3) is 0 Å². The molecule has 96 valence electrons. The van der Waals surface area contributed by atoms with Crippen LogP contribution in [0, 0.1) is 0 Å². The molecule has 1 aliphatic rings. The van der Waals surface area contributed by atoms with E-state index < -0.39 is 20.9 Å². The summed E-state index contributed by atoms with van der Waals surface area (Å²) in [5.74, 6) is 0. The molecule has 6 nitrogen and oxygen atoms in total. The molecule has 2 unspecified atom stereocenters. The lowest BCUT2D eigenvalue weighted by molar-refractivity contribution is -0.0121. The monoisotopic (exact) mass is 252 g/mol. The molecule has 16 heavy (non-hydrogen) atoms. The molecular weight excluding hydrogens is 232 g/mol. The number of nitrogens with two attached hydrogens (primary N) is 1. The molecular formula is C9H20N2O4S. The SMILES string of the molecule is COC1(CNS(=O)(=O)C(C)CN)CCOC1. The average molecular weight is 252 g/mol. The second-order valence-electron chi connectivity index (χ2n) is 4.10. The average Bonchev–Trinajstić information content (AvgIpc) is 2.75. The molecule has 0 amide bonds. The fourth-order valence-electron chi connectivity index (χ4n) is 1.46. The van der Waals surface area contributed by atoms with Gasteiger partial charge in [-0.15, -0.1) is 0 Å². The van der Waals surface area contributed by atoms with E-state index in [0.717, 1.165) is 0 Å². The zero-order valence-electron chi connectivity index (χ0n) is 9.73. The van der Waals surface area contributed by atoms with Gasteiger partial charge in [0.05, 0.1) is 11.9 Å². The largest absolute Gasteiger partial charge is 0.378 e. The minimum Gasteiger partial charge on any atom is -0.378 e. The van der Waals surface area contributed by atoms with Crippen LogP contribution in [-0.4, -0.2) is 52.7 Å². The van der Waals surface area contributed by atoms with Crippen molar-refractivity contribution in [3.8, 4) is 0 Å². The van der Waals surface area contributed by atoms with E-state index in [0.29, 0.717) is 19.6 Å². The first kappa shape index (κ1) is 13.9.